The molecule has 0 aliphatic carbocycles. The fourth-order valence-corrected chi connectivity index (χ4v) is 12.8. The van der Waals surface area contributed by atoms with Gasteiger partial charge in [0.1, 0.15) is 13.2 Å². The monoisotopic (exact) mass is 1400 g/mol. The molecule has 1 aliphatic heterocycles. The maximum atomic E-state index is 13.3. The molecule has 0 N–H and O–H groups in total. The molecule has 27 nitrogen and oxygen atoms in total. The third-order valence-electron chi connectivity index (χ3n) is 13.8. The van der Waals surface area contributed by atoms with E-state index in [1.54, 1.807) is 20.8 Å². The van der Waals surface area contributed by atoms with Crippen molar-refractivity contribution in [2.45, 2.75) is 132 Å². The van der Waals surface area contributed by atoms with Crippen molar-refractivity contribution in [2.75, 3.05) is 127 Å². The molecule has 0 saturated carbocycles. The van der Waals surface area contributed by atoms with Gasteiger partial charge in [0, 0.05) is 73.1 Å². The Morgan fingerprint density at radius 1 is 0.586 bits per heavy atom. The summed E-state index contributed by atoms with van der Waals surface area (Å²) < 4.78 is 123. The summed E-state index contributed by atoms with van der Waals surface area (Å²) in [6.45, 7) is 32.8. The second kappa shape index (κ2) is 37.1. The number of rotatable bonds is 34. The predicted molar refractivity (Wildman–Crippen MR) is 340 cm³/mol. The first kappa shape index (κ1) is 85.2. The van der Waals surface area contributed by atoms with Crippen molar-refractivity contribution in [2.24, 2.45) is 16.2 Å². The van der Waals surface area contributed by atoms with Crippen LogP contribution < -0.4 is 9.47 Å². The number of hydrogen-bond acceptors (Lipinski definition) is 29. The van der Waals surface area contributed by atoms with Gasteiger partial charge in [-0.25, -0.2) is 18.5 Å². The Hall–Kier alpha value is -1.85. The normalized spacial score (nSPS) is 15.0. The van der Waals surface area contributed by atoms with E-state index in [4.69, 9.17) is 59.9 Å². The number of nitro groups is 1. The Kier molecular flexibility index (Phi) is 36.4. The molecule has 1 saturated heterocycles. The van der Waals surface area contributed by atoms with E-state index in [1.807, 2.05) is 20.8 Å². The van der Waals surface area contributed by atoms with Crippen LogP contribution in [0.1, 0.15) is 88.6 Å². The first-order chi connectivity index (χ1) is 39.7. The third kappa shape index (κ3) is 29.3. The molecule has 1 fully saturated rings. The van der Waals surface area contributed by atoms with E-state index in [-0.39, 0.29) is 80.4 Å². The van der Waals surface area contributed by atoms with Crippen molar-refractivity contribution >= 4 is 103 Å². The van der Waals surface area contributed by atoms with E-state index in [0.717, 1.165) is 41.4 Å². The topological polar surface area (TPSA) is 320 Å². The highest BCUT2D eigenvalue weighted by Crippen LogP contribution is 2.50. The third-order valence-corrected chi connectivity index (χ3v) is 30.4. The van der Waals surface area contributed by atoms with Crippen molar-refractivity contribution in [1.29, 1.82) is 0 Å². The number of thioether (sulfide) groups is 3. The van der Waals surface area contributed by atoms with E-state index < -0.39 is 79.8 Å². The molecule has 1 aliphatic rings. The number of phosphoric acid groups is 3. The second-order valence-corrected chi connectivity index (χ2v) is 42.3. The molecule has 2 rings (SSSR count). The number of carbonyl (C=O) groups excluding carboxylic acids is 4. The standard InChI is InChI=1S/C21H47O7PSSi2.C19H28NO12PS.C12H23O7PS/c1-19(2,3)31(10,11)27-16-21(7,17-28-32(12,13)20(4,5)6)18(22)30-15-14-26-29(23,24-8)25-9;1-19(2,17(21)34-8-7-32-33(25,28-5)29-6)12-31-18(22)30-11-13-9-15(26-3)16(27-4)10-14(13)20(23)24;1-11(2)17-8-12(3,9-18-11)10(13)21-7-6-19-20(14,15-4)16-5/h14-17H2,1-13H3;9-10H,7-8,11-12H2,1-6H3;6-9H2,1-5H3. The molecular weight excluding hydrogens is 1300 g/mol. The summed E-state index contributed by atoms with van der Waals surface area (Å²) in [6.07, 6.45) is -1.11. The molecule has 0 unspecified atom stereocenters. The Labute approximate surface area is 529 Å². The number of nitro benzene ring substituents is 1. The fraction of sp³-hybridized carbons (Fsp3) is 0.808. The Bertz CT molecular complexity index is 2450. The minimum atomic E-state index is -3.63. The second-order valence-electron chi connectivity index (χ2n) is 23.8. The Balaban J connectivity index is 0.00000131. The van der Waals surface area contributed by atoms with E-state index in [1.165, 1.54) is 62.9 Å². The van der Waals surface area contributed by atoms with Crippen molar-refractivity contribution in [3.63, 3.8) is 0 Å². The average Bonchev–Trinajstić information content (AvgIpc) is 2.30. The van der Waals surface area contributed by atoms with Crippen LogP contribution in [0.4, 0.5) is 10.5 Å². The van der Waals surface area contributed by atoms with Crippen LogP contribution in [0.25, 0.3) is 0 Å². The van der Waals surface area contributed by atoms with Crippen molar-refractivity contribution < 1.29 is 116 Å². The zero-order valence-electron chi connectivity index (χ0n) is 55.3. The van der Waals surface area contributed by atoms with Gasteiger partial charge in [0.15, 0.2) is 49.3 Å². The van der Waals surface area contributed by atoms with Gasteiger partial charge in [0.05, 0.1) is 80.1 Å². The maximum absolute atomic E-state index is 13.3. The fourth-order valence-electron chi connectivity index (χ4n) is 5.75. The average molecular weight is 1400 g/mol. The van der Waals surface area contributed by atoms with Gasteiger partial charge in [0.2, 0.25) is 0 Å². The smallest absolute Gasteiger partial charge is 0.493 e. The highest BCUT2D eigenvalue weighted by Gasteiger charge is 2.46. The lowest BCUT2D eigenvalue weighted by molar-refractivity contribution is -0.385. The first-order valence-corrected chi connectivity index (χ1v) is 40.3. The predicted octanol–water partition coefficient (Wildman–Crippen LogP) is 13.1. The van der Waals surface area contributed by atoms with Crippen LogP contribution >= 0.6 is 58.8 Å². The SMILES string of the molecule is COP(=O)(OC)OCCSC(=O)C(C)(CO[Si](C)(C)C(C)(C)C)CO[Si](C)(C)C(C)(C)C.COP(=O)(OC)OCCSC(=O)C1(C)COC(C)(C)OC1.COc1cc(COC(=O)OCC(C)(C)C(=O)SCCOP(=O)(OC)OC)c([N+](=O)[O-])cc1OC. The van der Waals surface area contributed by atoms with Gasteiger partial charge in [-0.1, -0.05) is 76.8 Å². The van der Waals surface area contributed by atoms with Gasteiger partial charge in [-0.15, -0.1) is 0 Å². The van der Waals surface area contributed by atoms with Crippen LogP contribution in [0.15, 0.2) is 12.1 Å². The largest absolute Gasteiger partial charge is 0.508 e. The lowest BCUT2D eigenvalue weighted by Crippen LogP contribution is -2.49. The summed E-state index contributed by atoms with van der Waals surface area (Å²) in [7, 11) is -4.72. The van der Waals surface area contributed by atoms with Crippen LogP contribution in [0.2, 0.25) is 36.3 Å². The number of phosphoric ester groups is 3. The van der Waals surface area contributed by atoms with E-state index in [0.29, 0.717) is 37.9 Å². The lowest BCUT2D eigenvalue weighted by atomic mass is 9.93. The summed E-state index contributed by atoms with van der Waals surface area (Å²) in [6, 6.07) is 2.48. The number of hydrogen-bond donors (Lipinski definition) is 0. The molecule has 0 atom stereocenters. The molecule has 0 radical (unpaired) electrons. The Morgan fingerprint density at radius 3 is 1.31 bits per heavy atom. The number of ether oxygens (including phenoxy) is 6. The zero-order chi connectivity index (χ0) is 67.7. The van der Waals surface area contributed by atoms with Crippen LogP contribution in [-0.4, -0.2) is 176 Å². The Morgan fingerprint density at radius 2 is 0.954 bits per heavy atom. The molecule has 35 heteroatoms. The zero-order valence-corrected chi connectivity index (χ0v) is 62.4. The molecule has 0 aromatic heterocycles. The van der Waals surface area contributed by atoms with Crippen molar-refractivity contribution in [1.82, 2.24) is 0 Å². The molecule has 0 spiro atoms. The van der Waals surface area contributed by atoms with Crippen molar-refractivity contribution in [3.8, 4) is 11.5 Å². The minimum Gasteiger partial charge on any atom is -0.493 e. The molecule has 1 aromatic carbocycles. The summed E-state index contributed by atoms with van der Waals surface area (Å²) in [5.41, 5.74) is -2.83. The van der Waals surface area contributed by atoms with Gasteiger partial charge in [0.25, 0.3) is 5.69 Å². The van der Waals surface area contributed by atoms with Gasteiger partial charge in [-0.3, -0.25) is 65.2 Å². The van der Waals surface area contributed by atoms with Crippen molar-refractivity contribution in [3.05, 3.63) is 27.8 Å². The summed E-state index contributed by atoms with van der Waals surface area (Å²) in [5, 5.41) is 11.0. The summed E-state index contributed by atoms with van der Waals surface area (Å²) in [5.74, 6) is 0.541. The molecule has 0 amide bonds. The van der Waals surface area contributed by atoms with Gasteiger partial charge >= 0.3 is 29.6 Å². The molecule has 0 bridgehead atoms. The number of nitrogens with zero attached hydrogens (tertiary/aromatic N) is 1. The molecule has 1 heterocycles. The van der Waals surface area contributed by atoms with Crippen LogP contribution in [0.3, 0.4) is 0 Å². The molecule has 1 aromatic rings. The first-order valence-electron chi connectivity index (χ1n) is 27.1. The van der Waals surface area contributed by atoms with E-state index in [9.17, 15) is 43.0 Å². The lowest BCUT2D eigenvalue weighted by Gasteiger charge is -2.42. The van der Waals surface area contributed by atoms with Crippen LogP contribution in [0, 0.1) is 26.4 Å². The number of carbonyl (C=O) groups is 4. The number of benzene rings is 1. The van der Waals surface area contributed by atoms with E-state index in [2.05, 4.69) is 85.8 Å². The van der Waals surface area contributed by atoms with Gasteiger partial charge in [-0.2, -0.15) is 0 Å². The van der Waals surface area contributed by atoms with E-state index >= 15 is 0 Å². The quantitative estimate of drug-likeness (QED) is 0.0154. The molecule has 87 heavy (non-hydrogen) atoms. The molecular formula is C52H98NO26P3S3Si2. The molecule has 508 valence electrons. The maximum Gasteiger partial charge on any atom is 0.508 e. The van der Waals surface area contributed by atoms with Crippen LogP contribution in [0.5, 0.6) is 11.5 Å². The minimum absolute atomic E-state index is 0.0248. The summed E-state index contributed by atoms with van der Waals surface area (Å²) in [4.78, 5) is 60.6. The highest BCUT2D eigenvalue weighted by molar-refractivity contribution is 8.14. The summed E-state index contributed by atoms with van der Waals surface area (Å²) >= 11 is 3.11. The number of methoxy groups -OCH3 is 2. The van der Waals surface area contributed by atoms with Crippen LogP contribution in [-0.2, 0) is 103 Å². The van der Waals surface area contributed by atoms with Gasteiger partial charge in [-0.05, 0) is 83.9 Å². The highest BCUT2D eigenvalue weighted by atomic mass is 32.2. The van der Waals surface area contributed by atoms with Gasteiger partial charge < -0.3 is 37.3 Å².